The molecule has 0 aromatic heterocycles. The van der Waals surface area contributed by atoms with Gasteiger partial charge in [-0.3, -0.25) is 9.59 Å². The first-order chi connectivity index (χ1) is 7.50. The van der Waals surface area contributed by atoms with Crippen LogP contribution in [-0.2, 0) is 14.3 Å². The number of carbonyl (C=O) groups is 2. The molecule has 4 atom stereocenters. The topological polar surface area (TPSA) is 63.6 Å². The predicted molar refractivity (Wildman–Crippen MR) is 56.6 cm³/mol. The van der Waals surface area contributed by atoms with Crippen molar-refractivity contribution in [2.75, 3.05) is 0 Å². The fourth-order valence-electron chi connectivity index (χ4n) is 2.79. The molecule has 4 heteroatoms. The van der Waals surface area contributed by atoms with E-state index in [2.05, 4.69) is 0 Å². The van der Waals surface area contributed by atoms with Gasteiger partial charge in [-0.1, -0.05) is 12.2 Å². The summed E-state index contributed by atoms with van der Waals surface area (Å²) in [6.45, 7) is 3.55. The van der Waals surface area contributed by atoms with E-state index in [0.717, 1.165) is 6.42 Å². The normalized spacial score (nSPS) is 35.7. The summed E-state index contributed by atoms with van der Waals surface area (Å²) in [5, 5.41) is 9.15. The van der Waals surface area contributed by atoms with Gasteiger partial charge in [-0.25, -0.2) is 0 Å². The van der Waals surface area contributed by atoms with E-state index >= 15 is 0 Å². The van der Waals surface area contributed by atoms with Gasteiger partial charge in [0.25, 0.3) is 0 Å². The molecule has 88 valence electrons. The molecule has 4 nitrogen and oxygen atoms in total. The number of carbonyl (C=O) groups excluding carboxylic acids is 1. The highest BCUT2D eigenvalue weighted by atomic mass is 16.5. The molecule has 0 spiro atoms. The van der Waals surface area contributed by atoms with Gasteiger partial charge < -0.3 is 9.84 Å². The molecular formula is C12H16O4. The first-order valence-electron chi connectivity index (χ1n) is 5.62. The molecule has 16 heavy (non-hydrogen) atoms. The third-order valence-corrected chi connectivity index (χ3v) is 3.37. The summed E-state index contributed by atoms with van der Waals surface area (Å²) in [7, 11) is 0. The molecule has 0 amide bonds. The minimum atomic E-state index is -0.887. The average Bonchev–Trinajstić information content (AvgIpc) is 2.74. The van der Waals surface area contributed by atoms with Gasteiger partial charge in [-0.15, -0.1) is 0 Å². The summed E-state index contributed by atoms with van der Waals surface area (Å²) >= 11 is 0. The van der Waals surface area contributed by atoms with E-state index in [1.165, 1.54) is 0 Å². The van der Waals surface area contributed by atoms with Crippen molar-refractivity contribution in [2.45, 2.75) is 26.4 Å². The van der Waals surface area contributed by atoms with Crippen LogP contribution in [-0.4, -0.2) is 23.1 Å². The van der Waals surface area contributed by atoms with Crippen molar-refractivity contribution >= 4 is 11.9 Å². The standard InChI is InChI=1S/C12H16O4/c1-6(2)16-12(15)10-8-4-3-7(5-8)9(10)11(13)14/h3-4,6-10H,5H2,1-2H3,(H,13,14)/t7?,8?,9-,10-/m0/s1. The number of fused-ring (bicyclic) bond motifs is 2. The Bertz CT molecular complexity index is 345. The molecule has 0 aromatic carbocycles. The Morgan fingerprint density at radius 2 is 1.81 bits per heavy atom. The number of allylic oxidation sites excluding steroid dienone is 2. The molecule has 1 N–H and O–H groups in total. The second-order valence-electron chi connectivity index (χ2n) is 4.82. The zero-order valence-corrected chi connectivity index (χ0v) is 9.42. The number of ether oxygens (including phenoxy) is 1. The van der Waals surface area contributed by atoms with Crippen molar-refractivity contribution in [3.8, 4) is 0 Å². The summed E-state index contributed by atoms with van der Waals surface area (Å²) < 4.78 is 5.13. The molecule has 0 aliphatic heterocycles. The van der Waals surface area contributed by atoms with E-state index in [4.69, 9.17) is 9.84 Å². The fraction of sp³-hybridized carbons (Fsp3) is 0.667. The lowest BCUT2D eigenvalue weighted by atomic mass is 9.83. The minimum absolute atomic E-state index is 0.00668. The summed E-state index contributed by atoms with van der Waals surface area (Å²) in [4.78, 5) is 23.0. The lowest BCUT2D eigenvalue weighted by Crippen LogP contribution is -2.35. The third kappa shape index (κ3) is 1.72. The Hall–Kier alpha value is -1.32. The molecule has 2 bridgehead atoms. The first kappa shape index (κ1) is 11.2. The van der Waals surface area contributed by atoms with Crippen LogP contribution in [0.1, 0.15) is 20.3 Å². The summed E-state index contributed by atoms with van der Waals surface area (Å²) in [6, 6.07) is 0. The van der Waals surface area contributed by atoms with Crippen molar-refractivity contribution in [1.82, 2.24) is 0 Å². The van der Waals surface area contributed by atoms with Crippen LogP contribution in [0.15, 0.2) is 12.2 Å². The lowest BCUT2D eigenvalue weighted by molar-refractivity contribution is -0.161. The van der Waals surface area contributed by atoms with Crippen molar-refractivity contribution in [3.05, 3.63) is 12.2 Å². The van der Waals surface area contributed by atoms with Gasteiger partial charge in [0.1, 0.15) is 0 Å². The van der Waals surface area contributed by atoms with Crippen LogP contribution >= 0.6 is 0 Å². The van der Waals surface area contributed by atoms with Gasteiger partial charge in [0.05, 0.1) is 17.9 Å². The highest BCUT2D eigenvalue weighted by molar-refractivity contribution is 5.83. The molecular weight excluding hydrogens is 208 g/mol. The van der Waals surface area contributed by atoms with E-state index in [-0.39, 0.29) is 23.9 Å². The highest BCUT2D eigenvalue weighted by Gasteiger charge is 2.52. The first-order valence-corrected chi connectivity index (χ1v) is 5.62. The van der Waals surface area contributed by atoms with E-state index in [9.17, 15) is 9.59 Å². The Labute approximate surface area is 94.3 Å². The van der Waals surface area contributed by atoms with E-state index in [1.54, 1.807) is 13.8 Å². The number of aliphatic carboxylic acids is 1. The van der Waals surface area contributed by atoms with Gasteiger partial charge >= 0.3 is 11.9 Å². The maximum absolute atomic E-state index is 11.8. The molecule has 0 radical (unpaired) electrons. The van der Waals surface area contributed by atoms with Crippen molar-refractivity contribution in [2.24, 2.45) is 23.7 Å². The van der Waals surface area contributed by atoms with Gasteiger partial charge in [0, 0.05) is 0 Å². The molecule has 0 saturated heterocycles. The summed E-state index contributed by atoms with van der Waals surface area (Å²) in [5.74, 6) is -2.28. The van der Waals surface area contributed by atoms with Crippen molar-refractivity contribution in [3.63, 3.8) is 0 Å². The maximum atomic E-state index is 11.8. The second kappa shape index (κ2) is 3.92. The van der Waals surface area contributed by atoms with Crippen molar-refractivity contribution < 1.29 is 19.4 Å². The maximum Gasteiger partial charge on any atom is 0.310 e. The molecule has 2 aliphatic carbocycles. The Balaban J connectivity index is 2.16. The monoisotopic (exact) mass is 224 g/mol. The molecule has 2 unspecified atom stereocenters. The second-order valence-corrected chi connectivity index (χ2v) is 4.82. The number of hydrogen-bond acceptors (Lipinski definition) is 3. The molecule has 2 aliphatic rings. The number of rotatable bonds is 3. The summed E-state index contributed by atoms with van der Waals surface area (Å²) in [5.41, 5.74) is 0. The van der Waals surface area contributed by atoms with E-state index in [0.29, 0.717) is 0 Å². The van der Waals surface area contributed by atoms with Crippen LogP contribution in [0.25, 0.3) is 0 Å². The van der Waals surface area contributed by atoms with Crippen LogP contribution in [0.2, 0.25) is 0 Å². The van der Waals surface area contributed by atoms with Crippen LogP contribution in [0.3, 0.4) is 0 Å². The number of carboxylic acid groups (broad SMARTS) is 1. The van der Waals surface area contributed by atoms with Gasteiger partial charge in [0.15, 0.2) is 0 Å². The number of esters is 1. The number of hydrogen-bond donors (Lipinski definition) is 1. The molecule has 2 rings (SSSR count). The Kier molecular flexibility index (Phi) is 2.74. The minimum Gasteiger partial charge on any atom is -0.481 e. The van der Waals surface area contributed by atoms with E-state index in [1.807, 2.05) is 12.2 Å². The predicted octanol–water partition coefficient (Wildman–Crippen LogP) is 1.46. The largest absolute Gasteiger partial charge is 0.481 e. The molecule has 0 aromatic rings. The van der Waals surface area contributed by atoms with Crippen LogP contribution < -0.4 is 0 Å². The zero-order chi connectivity index (χ0) is 11.9. The fourth-order valence-corrected chi connectivity index (χ4v) is 2.79. The van der Waals surface area contributed by atoms with Gasteiger partial charge in [-0.2, -0.15) is 0 Å². The Morgan fingerprint density at radius 3 is 2.31 bits per heavy atom. The van der Waals surface area contributed by atoms with Gasteiger partial charge in [0.2, 0.25) is 0 Å². The Morgan fingerprint density at radius 1 is 1.25 bits per heavy atom. The average molecular weight is 224 g/mol. The zero-order valence-electron chi connectivity index (χ0n) is 9.42. The molecule has 1 saturated carbocycles. The molecule has 0 heterocycles. The molecule has 1 fully saturated rings. The highest BCUT2D eigenvalue weighted by Crippen LogP contribution is 2.48. The smallest absolute Gasteiger partial charge is 0.310 e. The SMILES string of the molecule is CC(C)OC(=O)[C@H]1C2C=CC(C2)[C@@H]1C(=O)O. The van der Waals surface area contributed by atoms with E-state index < -0.39 is 17.8 Å². The van der Waals surface area contributed by atoms with Crippen LogP contribution in [0.4, 0.5) is 0 Å². The van der Waals surface area contributed by atoms with Crippen LogP contribution in [0.5, 0.6) is 0 Å². The van der Waals surface area contributed by atoms with Gasteiger partial charge in [-0.05, 0) is 32.1 Å². The van der Waals surface area contributed by atoms with Crippen molar-refractivity contribution in [1.29, 1.82) is 0 Å². The van der Waals surface area contributed by atoms with Crippen LogP contribution in [0, 0.1) is 23.7 Å². The number of carboxylic acids is 1. The third-order valence-electron chi connectivity index (χ3n) is 3.37. The quantitative estimate of drug-likeness (QED) is 0.582. The summed E-state index contributed by atoms with van der Waals surface area (Å²) in [6.07, 6.45) is 4.46. The lowest BCUT2D eigenvalue weighted by Gasteiger charge is -2.23.